The van der Waals surface area contributed by atoms with E-state index in [0.29, 0.717) is 42.5 Å². The highest BCUT2D eigenvalue weighted by Gasteiger charge is 2.21. The summed E-state index contributed by atoms with van der Waals surface area (Å²) in [5.74, 6) is 0.289. The molecule has 2 aromatic heterocycles. The van der Waals surface area contributed by atoms with Gasteiger partial charge in [-0.25, -0.2) is 9.37 Å². The number of benzene rings is 1. The van der Waals surface area contributed by atoms with E-state index < -0.39 is 6.67 Å². The summed E-state index contributed by atoms with van der Waals surface area (Å²) in [5.41, 5.74) is 5.81. The van der Waals surface area contributed by atoms with Crippen molar-refractivity contribution in [3.8, 4) is 17.0 Å². The Kier molecular flexibility index (Phi) is 9.31. The average molecular weight is 563 g/mol. The fraction of sp³-hybridized carbons (Fsp3) is 0.452. The number of carbonyl (C=O) groups is 1. The first-order valence-corrected chi connectivity index (χ1v) is 14.4. The molecule has 0 atom stereocenters. The molecule has 0 spiro atoms. The number of rotatable bonds is 9. The summed E-state index contributed by atoms with van der Waals surface area (Å²) < 4.78 is 25.1. The number of nitrogens with one attached hydrogen (secondary N) is 1. The van der Waals surface area contributed by atoms with Crippen molar-refractivity contribution >= 4 is 23.0 Å². The van der Waals surface area contributed by atoms with Gasteiger partial charge in [-0.05, 0) is 56.3 Å². The molecule has 0 saturated carbocycles. The number of anilines is 3. The SMILES string of the molecule is CCOc1ncc(-c2cc(NC(=O)c3cc(CF)cc(N4CCN(CC)CC4)c3)cnc2C)cc1N1CCOCC1. The van der Waals surface area contributed by atoms with E-state index in [1.54, 1.807) is 18.5 Å². The molecule has 2 fully saturated rings. The molecule has 2 aliphatic heterocycles. The van der Waals surface area contributed by atoms with Crippen LogP contribution in [0.25, 0.3) is 11.1 Å². The Bertz CT molecular complexity index is 1360. The summed E-state index contributed by atoms with van der Waals surface area (Å²) in [6.45, 7) is 13.3. The number of piperazine rings is 1. The van der Waals surface area contributed by atoms with E-state index in [1.807, 2.05) is 32.0 Å². The summed E-state index contributed by atoms with van der Waals surface area (Å²) in [6, 6.07) is 9.28. The van der Waals surface area contributed by atoms with Gasteiger partial charge in [0.2, 0.25) is 5.88 Å². The van der Waals surface area contributed by atoms with Crippen LogP contribution in [0, 0.1) is 6.92 Å². The van der Waals surface area contributed by atoms with Gasteiger partial charge in [-0.1, -0.05) is 6.92 Å². The molecule has 0 aliphatic carbocycles. The van der Waals surface area contributed by atoms with Gasteiger partial charge in [0.1, 0.15) is 12.4 Å². The lowest BCUT2D eigenvalue weighted by Gasteiger charge is -2.35. The molecule has 1 N–H and O–H groups in total. The number of halogens is 1. The van der Waals surface area contributed by atoms with E-state index in [2.05, 4.69) is 43.0 Å². The Hall–Kier alpha value is -3.76. The van der Waals surface area contributed by atoms with Crippen LogP contribution in [0.1, 0.15) is 35.5 Å². The molecule has 218 valence electrons. The first kappa shape index (κ1) is 28.8. The van der Waals surface area contributed by atoms with Crippen molar-refractivity contribution in [2.45, 2.75) is 27.4 Å². The number of amides is 1. The second-order valence-electron chi connectivity index (χ2n) is 10.3. The molecule has 9 nitrogen and oxygen atoms in total. The number of aromatic nitrogens is 2. The van der Waals surface area contributed by atoms with E-state index >= 15 is 0 Å². The predicted octanol–water partition coefficient (Wildman–Crippen LogP) is 4.55. The lowest BCUT2D eigenvalue weighted by atomic mass is 10.0. The largest absolute Gasteiger partial charge is 0.476 e. The molecule has 4 heterocycles. The van der Waals surface area contributed by atoms with Crippen molar-refractivity contribution in [1.82, 2.24) is 14.9 Å². The van der Waals surface area contributed by atoms with Crippen LogP contribution in [-0.2, 0) is 11.4 Å². The van der Waals surface area contributed by atoms with E-state index in [4.69, 9.17) is 9.47 Å². The van der Waals surface area contributed by atoms with Crippen LogP contribution in [0.3, 0.4) is 0 Å². The van der Waals surface area contributed by atoms with Gasteiger partial charge in [-0.3, -0.25) is 9.78 Å². The number of pyridine rings is 2. The molecule has 0 radical (unpaired) electrons. The normalized spacial score (nSPS) is 16.1. The molecule has 1 amide bonds. The molecule has 0 unspecified atom stereocenters. The molecule has 3 aromatic rings. The Balaban J connectivity index is 1.39. The topological polar surface area (TPSA) is 83.1 Å². The first-order valence-electron chi connectivity index (χ1n) is 14.4. The second kappa shape index (κ2) is 13.3. The van der Waals surface area contributed by atoms with E-state index in [0.717, 1.165) is 74.0 Å². The van der Waals surface area contributed by atoms with Crippen LogP contribution in [0.2, 0.25) is 0 Å². The number of carbonyl (C=O) groups excluding carboxylic acids is 1. The van der Waals surface area contributed by atoms with Gasteiger partial charge in [-0.15, -0.1) is 0 Å². The quantitative estimate of drug-likeness (QED) is 0.407. The van der Waals surface area contributed by atoms with Gasteiger partial charge in [0.25, 0.3) is 5.91 Å². The van der Waals surface area contributed by atoms with Crippen LogP contribution in [0.4, 0.5) is 21.5 Å². The van der Waals surface area contributed by atoms with Crippen molar-refractivity contribution in [1.29, 1.82) is 0 Å². The van der Waals surface area contributed by atoms with E-state index in [-0.39, 0.29) is 5.91 Å². The summed E-state index contributed by atoms with van der Waals surface area (Å²) in [5, 5.41) is 2.98. The summed E-state index contributed by atoms with van der Waals surface area (Å²) in [4.78, 5) is 29.4. The van der Waals surface area contributed by atoms with Crippen LogP contribution in [0.15, 0.2) is 42.7 Å². The smallest absolute Gasteiger partial charge is 0.255 e. The van der Waals surface area contributed by atoms with Crippen LogP contribution in [0.5, 0.6) is 5.88 Å². The fourth-order valence-electron chi connectivity index (χ4n) is 5.35. The fourth-order valence-corrected chi connectivity index (χ4v) is 5.35. The van der Waals surface area contributed by atoms with Gasteiger partial charge in [-0.2, -0.15) is 0 Å². The highest BCUT2D eigenvalue weighted by atomic mass is 19.1. The van der Waals surface area contributed by atoms with Gasteiger partial charge in [0, 0.05) is 73.5 Å². The van der Waals surface area contributed by atoms with Gasteiger partial charge in [0.15, 0.2) is 0 Å². The van der Waals surface area contributed by atoms with Crippen LogP contribution in [-0.4, -0.2) is 86.4 Å². The Morgan fingerprint density at radius 3 is 2.46 bits per heavy atom. The Labute approximate surface area is 241 Å². The number of hydrogen-bond acceptors (Lipinski definition) is 8. The number of aryl methyl sites for hydroxylation is 1. The van der Waals surface area contributed by atoms with Gasteiger partial charge < -0.3 is 29.5 Å². The second-order valence-corrected chi connectivity index (χ2v) is 10.3. The zero-order chi connectivity index (χ0) is 28.8. The lowest BCUT2D eigenvalue weighted by molar-refractivity contribution is 0.102. The molecule has 1 aromatic carbocycles. The first-order chi connectivity index (χ1) is 20.0. The maximum Gasteiger partial charge on any atom is 0.255 e. The highest BCUT2D eigenvalue weighted by molar-refractivity contribution is 6.05. The third-order valence-corrected chi connectivity index (χ3v) is 7.70. The number of morpholine rings is 1. The summed E-state index contributed by atoms with van der Waals surface area (Å²) in [6.07, 6.45) is 3.42. The van der Waals surface area contributed by atoms with Gasteiger partial charge >= 0.3 is 0 Å². The van der Waals surface area contributed by atoms with Crippen molar-refractivity contribution in [2.24, 2.45) is 0 Å². The van der Waals surface area contributed by atoms with Crippen LogP contribution < -0.4 is 19.9 Å². The molecule has 2 aliphatic rings. The molecule has 10 heteroatoms. The van der Waals surface area contributed by atoms with Crippen molar-refractivity contribution in [3.05, 3.63) is 59.5 Å². The number of nitrogens with zero attached hydrogens (tertiary/aromatic N) is 5. The Morgan fingerprint density at radius 2 is 1.76 bits per heavy atom. The van der Waals surface area contributed by atoms with E-state index in [9.17, 15) is 9.18 Å². The molecule has 41 heavy (non-hydrogen) atoms. The minimum atomic E-state index is -0.629. The monoisotopic (exact) mass is 562 g/mol. The summed E-state index contributed by atoms with van der Waals surface area (Å²) in [7, 11) is 0. The van der Waals surface area contributed by atoms with Crippen molar-refractivity contribution < 1.29 is 18.7 Å². The number of ether oxygens (including phenoxy) is 2. The third kappa shape index (κ3) is 6.77. The van der Waals surface area contributed by atoms with Crippen molar-refractivity contribution in [2.75, 3.05) is 80.8 Å². The molecule has 2 saturated heterocycles. The van der Waals surface area contributed by atoms with E-state index in [1.165, 1.54) is 0 Å². The highest BCUT2D eigenvalue weighted by Crippen LogP contribution is 2.34. The predicted molar refractivity (Wildman–Crippen MR) is 160 cm³/mol. The molecular formula is C31H39FN6O3. The molecule has 5 rings (SSSR count). The number of hydrogen-bond donors (Lipinski definition) is 1. The average Bonchev–Trinajstić information content (AvgIpc) is 3.02. The number of likely N-dealkylation sites (N-methyl/N-ethyl adjacent to an activating group) is 1. The Morgan fingerprint density at radius 1 is 0.976 bits per heavy atom. The zero-order valence-corrected chi connectivity index (χ0v) is 24.2. The summed E-state index contributed by atoms with van der Waals surface area (Å²) >= 11 is 0. The standard InChI is InChI=1S/C31H39FN6O3/c1-4-36-6-8-37(9-7-36)27-15-23(19-32)14-24(16-27)30(39)35-26-18-28(22(3)33-21-26)25-17-29(31(34-20-25)41-5-2)38-10-12-40-13-11-38/h14-18,20-21H,4-13,19H2,1-3H3,(H,35,39). The lowest BCUT2D eigenvalue weighted by Crippen LogP contribution is -2.46. The zero-order valence-electron chi connectivity index (χ0n) is 24.2. The number of alkyl halides is 1. The maximum atomic E-state index is 13.8. The van der Waals surface area contributed by atoms with Gasteiger partial charge in [0.05, 0.1) is 31.7 Å². The minimum absolute atomic E-state index is 0.302. The third-order valence-electron chi connectivity index (χ3n) is 7.70. The van der Waals surface area contributed by atoms with Crippen LogP contribution >= 0.6 is 0 Å². The maximum absolute atomic E-state index is 13.8. The van der Waals surface area contributed by atoms with Crippen molar-refractivity contribution in [3.63, 3.8) is 0 Å². The molecular weight excluding hydrogens is 523 g/mol. The molecule has 0 bridgehead atoms. The minimum Gasteiger partial charge on any atom is -0.476 e.